The van der Waals surface area contributed by atoms with Crippen molar-refractivity contribution in [2.45, 2.75) is 6.42 Å². The van der Waals surface area contributed by atoms with Crippen LogP contribution in [0.2, 0.25) is 0 Å². The molecule has 0 aromatic heterocycles. The van der Waals surface area contributed by atoms with Gasteiger partial charge in [-0.2, -0.15) is 0 Å². The summed E-state index contributed by atoms with van der Waals surface area (Å²) in [6.45, 7) is 0.0991. The molecule has 1 rings (SSSR count). The van der Waals surface area contributed by atoms with Crippen LogP contribution in [0, 0.1) is 5.92 Å². The van der Waals surface area contributed by atoms with Gasteiger partial charge < -0.3 is 5.73 Å². The summed E-state index contributed by atoms with van der Waals surface area (Å²) >= 11 is 3.32. The van der Waals surface area contributed by atoms with E-state index >= 15 is 0 Å². The molecule has 6 heteroatoms. The number of azide groups is 1. The van der Waals surface area contributed by atoms with Crippen molar-refractivity contribution in [3.8, 4) is 0 Å². The molecule has 0 unspecified atom stereocenters. The average molecular weight is 283 g/mol. The lowest BCUT2D eigenvalue weighted by Crippen LogP contribution is -2.27. The Bertz CT molecular complexity index is 411. The van der Waals surface area contributed by atoms with Crippen LogP contribution in [-0.2, 0) is 11.2 Å². The Kier molecular flexibility index (Phi) is 4.82. The first-order chi connectivity index (χ1) is 7.63. The Morgan fingerprint density at radius 2 is 2.12 bits per heavy atom. The number of rotatable bonds is 5. The van der Waals surface area contributed by atoms with Crippen molar-refractivity contribution in [2.75, 3.05) is 6.54 Å². The summed E-state index contributed by atoms with van der Waals surface area (Å²) < 4.78 is 0.974. The molecular weight excluding hydrogens is 272 g/mol. The number of carbonyl (C=O) groups excluding carboxylic acids is 1. The molecule has 0 aliphatic heterocycles. The molecule has 84 valence electrons. The van der Waals surface area contributed by atoms with Gasteiger partial charge >= 0.3 is 0 Å². The molecule has 0 saturated heterocycles. The van der Waals surface area contributed by atoms with Crippen LogP contribution in [0.15, 0.2) is 33.9 Å². The maximum absolute atomic E-state index is 11.1. The Morgan fingerprint density at radius 3 is 2.62 bits per heavy atom. The molecule has 1 amide bonds. The van der Waals surface area contributed by atoms with Gasteiger partial charge in [-0.1, -0.05) is 33.2 Å². The summed E-state index contributed by atoms with van der Waals surface area (Å²) in [4.78, 5) is 13.7. The quantitative estimate of drug-likeness (QED) is 0.501. The van der Waals surface area contributed by atoms with Gasteiger partial charge in [-0.15, -0.1) is 0 Å². The highest BCUT2D eigenvalue weighted by Crippen LogP contribution is 2.14. The van der Waals surface area contributed by atoms with Crippen molar-refractivity contribution in [3.63, 3.8) is 0 Å². The first-order valence-corrected chi connectivity index (χ1v) is 5.47. The molecule has 0 bridgehead atoms. The van der Waals surface area contributed by atoms with E-state index in [4.69, 9.17) is 11.3 Å². The molecule has 0 radical (unpaired) electrons. The van der Waals surface area contributed by atoms with Gasteiger partial charge in [0.2, 0.25) is 5.91 Å². The zero-order valence-corrected chi connectivity index (χ0v) is 10.1. The lowest BCUT2D eigenvalue weighted by Gasteiger charge is -2.10. The molecule has 0 spiro atoms. The number of hydrogen-bond donors (Lipinski definition) is 1. The highest BCUT2D eigenvalue weighted by atomic mass is 79.9. The summed E-state index contributed by atoms with van der Waals surface area (Å²) in [6.07, 6.45) is 0.488. The van der Waals surface area contributed by atoms with Crippen molar-refractivity contribution < 1.29 is 4.79 Å². The molecule has 1 aromatic carbocycles. The van der Waals surface area contributed by atoms with Crippen LogP contribution >= 0.6 is 15.9 Å². The van der Waals surface area contributed by atoms with E-state index in [9.17, 15) is 4.79 Å². The normalized spacial score (nSPS) is 11.6. The Hall–Kier alpha value is -1.52. The molecule has 5 nitrogen and oxygen atoms in total. The number of carbonyl (C=O) groups is 1. The van der Waals surface area contributed by atoms with Crippen LogP contribution in [0.5, 0.6) is 0 Å². The lowest BCUT2D eigenvalue weighted by molar-refractivity contribution is -0.121. The minimum Gasteiger partial charge on any atom is -0.369 e. The van der Waals surface area contributed by atoms with E-state index in [-0.39, 0.29) is 6.54 Å². The average Bonchev–Trinajstić information content (AvgIpc) is 2.26. The summed E-state index contributed by atoms with van der Waals surface area (Å²) in [5.74, 6) is -0.896. The second-order valence-electron chi connectivity index (χ2n) is 3.34. The Balaban J connectivity index is 2.71. The highest BCUT2D eigenvalue weighted by molar-refractivity contribution is 9.10. The number of primary amides is 1. The van der Waals surface area contributed by atoms with Crippen LogP contribution < -0.4 is 5.73 Å². The molecule has 1 aromatic rings. The number of nitrogens with zero attached hydrogens (tertiary/aromatic N) is 3. The number of nitrogens with two attached hydrogens (primary N) is 1. The van der Waals surface area contributed by atoms with Gasteiger partial charge in [-0.3, -0.25) is 4.79 Å². The maximum atomic E-state index is 11.1. The molecule has 16 heavy (non-hydrogen) atoms. The van der Waals surface area contributed by atoms with Crippen LogP contribution in [0.1, 0.15) is 5.56 Å². The molecule has 0 fully saturated rings. The summed E-state index contributed by atoms with van der Waals surface area (Å²) in [6, 6.07) is 7.58. The Morgan fingerprint density at radius 1 is 1.50 bits per heavy atom. The third-order valence-electron chi connectivity index (χ3n) is 2.16. The molecule has 0 saturated carbocycles. The minimum atomic E-state index is -0.449. The second kappa shape index (κ2) is 6.15. The fourth-order valence-corrected chi connectivity index (χ4v) is 1.56. The smallest absolute Gasteiger partial charge is 0.220 e. The van der Waals surface area contributed by atoms with Crippen LogP contribution in [0.3, 0.4) is 0 Å². The molecule has 0 aliphatic rings. The van der Waals surface area contributed by atoms with E-state index in [1.54, 1.807) is 0 Å². The van der Waals surface area contributed by atoms with E-state index in [0.717, 1.165) is 10.0 Å². The Labute approximate surface area is 101 Å². The SMILES string of the molecule is [N-]=[N+]=NC[C@H](Cc1ccc(Br)cc1)C(N)=O. The monoisotopic (exact) mass is 282 g/mol. The zero-order valence-electron chi connectivity index (χ0n) is 8.51. The predicted octanol–water partition coefficient (Wildman–Crippen LogP) is 2.40. The number of hydrogen-bond acceptors (Lipinski definition) is 2. The minimum absolute atomic E-state index is 0.0991. The summed E-state index contributed by atoms with van der Waals surface area (Å²) in [7, 11) is 0. The van der Waals surface area contributed by atoms with Crippen molar-refractivity contribution >= 4 is 21.8 Å². The standard InChI is InChI=1S/C10H11BrN4O/c11-9-3-1-7(2-4-9)5-8(10(12)16)6-14-15-13/h1-4,8H,5-6H2,(H2,12,16)/t8-/m0/s1. The lowest BCUT2D eigenvalue weighted by atomic mass is 9.99. The van der Waals surface area contributed by atoms with Gasteiger partial charge in [0.1, 0.15) is 0 Å². The summed E-state index contributed by atoms with van der Waals surface area (Å²) in [5.41, 5.74) is 14.4. The van der Waals surface area contributed by atoms with Gasteiger partial charge in [0.25, 0.3) is 0 Å². The molecular formula is C10H11BrN4O. The fraction of sp³-hybridized carbons (Fsp3) is 0.300. The molecule has 1 atom stereocenters. The van der Waals surface area contributed by atoms with E-state index < -0.39 is 11.8 Å². The van der Waals surface area contributed by atoms with Gasteiger partial charge in [-0.25, -0.2) is 0 Å². The topological polar surface area (TPSA) is 91.8 Å². The van der Waals surface area contributed by atoms with Crippen molar-refractivity contribution in [1.82, 2.24) is 0 Å². The van der Waals surface area contributed by atoms with Crippen LogP contribution in [-0.4, -0.2) is 12.5 Å². The van der Waals surface area contributed by atoms with E-state index in [2.05, 4.69) is 26.0 Å². The first kappa shape index (κ1) is 12.5. The van der Waals surface area contributed by atoms with Crippen LogP contribution in [0.4, 0.5) is 0 Å². The third-order valence-corrected chi connectivity index (χ3v) is 2.69. The van der Waals surface area contributed by atoms with E-state index in [1.165, 1.54) is 0 Å². The van der Waals surface area contributed by atoms with Gasteiger partial charge in [0, 0.05) is 21.8 Å². The molecule has 2 N–H and O–H groups in total. The first-order valence-electron chi connectivity index (χ1n) is 4.68. The molecule has 0 heterocycles. The molecule has 0 aliphatic carbocycles. The second-order valence-corrected chi connectivity index (χ2v) is 4.26. The third kappa shape index (κ3) is 3.92. The van der Waals surface area contributed by atoms with E-state index in [1.807, 2.05) is 24.3 Å². The fourth-order valence-electron chi connectivity index (χ4n) is 1.30. The van der Waals surface area contributed by atoms with Crippen molar-refractivity contribution in [1.29, 1.82) is 0 Å². The van der Waals surface area contributed by atoms with E-state index in [0.29, 0.717) is 6.42 Å². The zero-order chi connectivity index (χ0) is 12.0. The maximum Gasteiger partial charge on any atom is 0.220 e. The van der Waals surface area contributed by atoms with Crippen molar-refractivity contribution in [2.24, 2.45) is 16.8 Å². The van der Waals surface area contributed by atoms with Gasteiger partial charge in [-0.05, 0) is 29.6 Å². The number of benzene rings is 1. The predicted molar refractivity (Wildman–Crippen MR) is 64.5 cm³/mol. The van der Waals surface area contributed by atoms with Gasteiger partial charge in [0.15, 0.2) is 0 Å². The van der Waals surface area contributed by atoms with Crippen molar-refractivity contribution in [3.05, 3.63) is 44.7 Å². The van der Waals surface area contributed by atoms with Crippen LogP contribution in [0.25, 0.3) is 10.4 Å². The number of halogens is 1. The number of amides is 1. The highest BCUT2D eigenvalue weighted by Gasteiger charge is 2.14. The largest absolute Gasteiger partial charge is 0.369 e. The van der Waals surface area contributed by atoms with Gasteiger partial charge in [0.05, 0.1) is 0 Å². The summed E-state index contributed by atoms with van der Waals surface area (Å²) in [5, 5.41) is 3.38.